The molecule has 3 heteroatoms. The smallest absolute Gasteiger partial charge is 0.203 e. The molecule has 0 amide bonds. The first-order valence-electron chi connectivity index (χ1n) is 7.51. The summed E-state index contributed by atoms with van der Waals surface area (Å²) in [6.45, 7) is 7.74. The van der Waals surface area contributed by atoms with Gasteiger partial charge in [-0.05, 0) is 32.1 Å². The van der Waals surface area contributed by atoms with Crippen molar-refractivity contribution in [1.29, 1.82) is 0 Å². The molecule has 1 fully saturated rings. The largest absolute Gasteiger partial charge is 0.356 e. The van der Waals surface area contributed by atoms with E-state index in [1.807, 2.05) is 0 Å². The summed E-state index contributed by atoms with van der Waals surface area (Å²) >= 11 is 0. The lowest BCUT2D eigenvalue weighted by Crippen LogP contribution is -2.22. The molecule has 3 nitrogen and oxygen atoms in total. The van der Waals surface area contributed by atoms with Gasteiger partial charge in [0.15, 0.2) is 0 Å². The maximum atomic E-state index is 4.64. The highest BCUT2D eigenvalue weighted by Gasteiger charge is 2.24. The van der Waals surface area contributed by atoms with Gasteiger partial charge in [-0.15, -0.1) is 0 Å². The maximum absolute atomic E-state index is 4.64. The number of aromatic nitrogens is 2. The van der Waals surface area contributed by atoms with Crippen LogP contribution in [0.3, 0.4) is 0 Å². The third-order valence-electron chi connectivity index (χ3n) is 4.09. The second kappa shape index (κ2) is 6.26. The third-order valence-corrected chi connectivity index (χ3v) is 4.09. The SMILES string of the molecule is CCCCNc1nc(C)cn1C1CCCCC1C. The molecule has 0 saturated heterocycles. The summed E-state index contributed by atoms with van der Waals surface area (Å²) in [5.41, 5.74) is 1.13. The Morgan fingerprint density at radius 3 is 2.89 bits per heavy atom. The van der Waals surface area contributed by atoms with Crippen molar-refractivity contribution in [2.75, 3.05) is 11.9 Å². The summed E-state index contributed by atoms with van der Waals surface area (Å²) in [7, 11) is 0. The molecule has 1 aromatic heterocycles. The Balaban J connectivity index is 2.10. The predicted molar refractivity (Wildman–Crippen MR) is 77.0 cm³/mol. The van der Waals surface area contributed by atoms with Crippen molar-refractivity contribution < 1.29 is 0 Å². The van der Waals surface area contributed by atoms with Gasteiger partial charge in [0.25, 0.3) is 0 Å². The predicted octanol–water partition coefficient (Wildman–Crippen LogP) is 4.15. The minimum atomic E-state index is 0.643. The molecule has 102 valence electrons. The van der Waals surface area contributed by atoms with Crippen LogP contribution in [0.15, 0.2) is 6.20 Å². The van der Waals surface area contributed by atoms with Crippen molar-refractivity contribution in [2.45, 2.75) is 65.3 Å². The van der Waals surface area contributed by atoms with Crippen molar-refractivity contribution in [3.63, 3.8) is 0 Å². The van der Waals surface area contributed by atoms with E-state index in [4.69, 9.17) is 0 Å². The summed E-state index contributed by atoms with van der Waals surface area (Å²) in [4.78, 5) is 4.64. The quantitative estimate of drug-likeness (QED) is 0.794. The van der Waals surface area contributed by atoms with E-state index in [1.165, 1.54) is 38.5 Å². The normalized spacial score (nSPS) is 24.2. The van der Waals surface area contributed by atoms with Gasteiger partial charge in [-0.3, -0.25) is 0 Å². The first-order chi connectivity index (χ1) is 8.72. The van der Waals surface area contributed by atoms with Gasteiger partial charge in [-0.2, -0.15) is 0 Å². The maximum Gasteiger partial charge on any atom is 0.203 e. The van der Waals surface area contributed by atoms with Crippen molar-refractivity contribution in [2.24, 2.45) is 5.92 Å². The highest BCUT2D eigenvalue weighted by Crippen LogP contribution is 2.35. The average molecular weight is 249 g/mol. The standard InChI is InChI=1S/C15H27N3/c1-4-5-10-16-15-17-13(3)11-18(15)14-9-7-6-8-12(14)2/h11-12,14H,4-10H2,1-3H3,(H,16,17). The molecule has 1 saturated carbocycles. The Morgan fingerprint density at radius 1 is 1.39 bits per heavy atom. The van der Waals surface area contributed by atoms with E-state index in [9.17, 15) is 0 Å². The fourth-order valence-electron chi connectivity index (χ4n) is 2.99. The molecule has 0 aliphatic heterocycles. The minimum Gasteiger partial charge on any atom is -0.356 e. The highest BCUT2D eigenvalue weighted by molar-refractivity contribution is 5.29. The lowest BCUT2D eigenvalue weighted by atomic mass is 9.86. The van der Waals surface area contributed by atoms with Gasteiger partial charge in [0, 0.05) is 18.8 Å². The zero-order valence-corrected chi connectivity index (χ0v) is 12.1. The van der Waals surface area contributed by atoms with E-state index in [1.54, 1.807) is 0 Å². The van der Waals surface area contributed by atoms with Crippen LogP contribution < -0.4 is 5.32 Å². The van der Waals surface area contributed by atoms with E-state index in [-0.39, 0.29) is 0 Å². The summed E-state index contributed by atoms with van der Waals surface area (Å²) in [5.74, 6) is 1.86. The third kappa shape index (κ3) is 3.06. The topological polar surface area (TPSA) is 29.9 Å². The van der Waals surface area contributed by atoms with E-state index < -0.39 is 0 Å². The molecule has 2 atom stereocenters. The molecule has 1 N–H and O–H groups in total. The zero-order chi connectivity index (χ0) is 13.0. The van der Waals surface area contributed by atoms with Crippen LogP contribution in [-0.4, -0.2) is 16.1 Å². The summed E-state index contributed by atoms with van der Waals surface area (Å²) in [6.07, 6.45) is 10.1. The first kappa shape index (κ1) is 13.4. The number of anilines is 1. The van der Waals surface area contributed by atoms with Gasteiger partial charge in [-0.1, -0.05) is 33.1 Å². The Morgan fingerprint density at radius 2 is 2.17 bits per heavy atom. The Labute approximate surface area is 111 Å². The van der Waals surface area contributed by atoms with Crippen LogP contribution in [0.4, 0.5) is 5.95 Å². The van der Waals surface area contributed by atoms with Crippen LogP contribution in [0.2, 0.25) is 0 Å². The second-order valence-corrected chi connectivity index (χ2v) is 5.72. The number of hydrogen-bond donors (Lipinski definition) is 1. The molecule has 0 radical (unpaired) electrons. The number of unbranched alkanes of at least 4 members (excludes halogenated alkanes) is 1. The van der Waals surface area contributed by atoms with E-state index in [2.05, 4.69) is 41.8 Å². The lowest BCUT2D eigenvalue weighted by molar-refractivity contribution is 0.259. The number of imidazole rings is 1. The van der Waals surface area contributed by atoms with Gasteiger partial charge in [-0.25, -0.2) is 4.98 Å². The van der Waals surface area contributed by atoms with E-state index >= 15 is 0 Å². The Hall–Kier alpha value is -0.990. The van der Waals surface area contributed by atoms with Crippen molar-refractivity contribution in [3.05, 3.63) is 11.9 Å². The van der Waals surface area contributed by atoms with Crippen molar-refractivity contribution in [3.8, 4) is 0 Å². The second-order valence-electron chi connectivity index (χ2n) is 5.72. The molecule has 0 aromatic carbocycles. The monoisotopic (exact) mass is 249 g/mol. The van der Waals surface area contributed by atoms with Gasteiger partial charge in [0.05, 0.1) is 5.69 Å². The molecule has 1 aliphatic carbocycles. The van der Waals surface area contributed by atoms with Crippen molar-refractivity contribution in [1.82, 2.24) is 9.55 Å². The molecule has 0 bridgehead atoms. The molecule has 0 spiro atoms. The van der Waals surface area contributed by atoms with Gasteiger partial charge >= 0.3 is 0 Å². The lowest BCUT2D eigenvalue weighted by Gasteiger charge is -2.31. The minimum absolute atomic E-state index is 0.643. The Kier molecular flexibility index (Phi) is 4.67. The van der Waals surface area contributed by atoms with Crippen LogP contribution in [0.5, 0.6) is 0 Å². The number of nitrogens with zero attached hydrogens (tertiary/aromatic N) is 2. The summed E-state index contributed by atoms with van der Waals surface area (Å²) in [6, 6.07) is 0.643. The summed E-state index contributed by atoms with van der Waals surface area (Å²) < 4.78 is 2.40. The van der Waals surface area contributed by atoms with Gasteiger partial charge in [0.2, 0.25) is 5.95 Å². The molecule has 18 heavy (non-hydrogen) atoms. The number of nitrogens with one attached hydrogen (secondary N) is 1. The molecular formula is C15H27N3. The molecule has 2 rings (SSSR count). The van der Waals surface area contributed by atoms with Gasteiger partial charge in [0.1, 0.15) is 0 Å². The molecular weight excluding hydrogens is 222 g/mol. The van der Waals surface area contributed by atoms with Crippen LogP contribution in [0, 0.1) is 12.8 Å². The molecule has 1 heterocycles. The summed E-state index contributed by atoms with van der Waals surface area (Å²) in [5, 5.41) is 3.50. The van der Waals surface area contributed by atoms with Crippen LogP contribution in [0.1, 0.15) is 64.1 Å². The molecule has 1 aromatic rings. The van der Waals surface area contributed by atoms with E-state index in [0.717, 1.165) is 24.1 Å². The van der Waals surface area contributed by atoms with Gasteiger partial charge < -0.3 is 9.88 Å². The zero-order valence-electron chi connectivity index (χ0n) is 12.1. The van der Waals surface area contributed by atoms with Crippen LogP contribution in [-0.2, 0) is 0 Å². The van der Waals surface area contributed by atoms with E-state index in [0.29, 0.717) is 6.04 Å². The number of rotatable bonds is 5. The average Bonchev–Trinajstić information content (AvgIpc) is 2.71. The van der Waals surface area contributed by atoms with Crippen LogP contribution >= 0.6 is 0 Å². The molecule has 2 unspecified atom stereocenters. The Bertz CT molecular complexity index is 370. The molecule has 1 aliphatic rings. The number of hydrogen-bond acceptors (Lipinski definition) is 2. The highest BCUT2D eigenvalue weighted by atomic mass is 15.2. The van der Waals surface area contributed by atoms with Crippen molar-refractivity contribution >= 4 is 5.95 Å². The fraction of sp³-hybridized carbons (Fsp3) is 0.800. The first-order valence-corrected chi connectivity index (χ1v) is 7.51. The van der Waals surface area contributed by atoms with Crippen LogP contribution in [0.25, 0.3) is 0 Å². The number of aryl methyl sites for hydroxylation is 1. The fourth-order valence-corrected chi connectivity index (χ4v) is 2.99.